The summed E-state index contributed by atoms with van der Waals surface area (Å²) >= 11 is 0. The molecule has 0 saturated carbocycles. The molecule has 1 aromatic rings. The van der Waals surface area contributed by atoms with Crippen molar-refractivity contribution >= 4 is 5.91 Å². The Bertz CT molecular complexity index is 418. The van der Waals surface area contributed by atoms with E-state index in [0.717, 1.165) is 37.2 Å². The second-order valence-electron chi connectivity index (χ2n) is 5.33. The Morgan fingerprint density at radius 1 is 1.10 bits per heavy atom. The van der Waals surface area contributed by atoms with E-state index in [1.807, 2.05) is 43.3 Å². The number of rotatable bonds is 8. The van der Waals surface area contributed by atoms with Gasteiger partial charge in [-0.05, 0) is 31.6 Å². The summed E-state index contributed by atoms with van der Waals surface area (Å²) in [6.07, 6.45) is 1.43. The molecule has 20 heavy (non-hydrogen) atoms. The van der Waals surface area contributed by atoms with E-state index in [2.05, 4.69) is 11.8 Å². The van der Waals surface area contributed by atoms with Crippen LogP contribution in [-0.4, -0.2) is 49.4 Å². The summed E-state index contributed by atoms with van der Waals surface area (Å²) in [6, 6.07) is 7.92. The highest BCUT2D eigenvalue weighted by Gasteiger charge is 2.14. The van der Waals surface area contributed by atoms with E-state index in [4.69, 9.17) is 5.73 Å². The first-order valence-electron chi connectivity index (χ1n) is 7.27. The number of likely N-dealkylation sites (N-methyl/N-ethyl adjacent to an activating group) is 1. The zero-order valence-electron chi connectivity index (χ0n) is 12.9. The lowest BCUT2D eigenvalue weighted by Crippen LogP contribution is -2.38. The Morgan fingerprint density at radius 2 is 1.75 bits per heavy atom. The first-order valence-corrected chi connectivity index (χ1v) is 7.27. The van der Waals surface area contributed by atoms with E-state index in [0.29, 0.717) is 13.0 Å². The van der Waals surface area contributed by atoms with Gasteiger partial charge in [-0.2, -0.15) is 0 Å². The Hall–Kier alpha value is -1.39. The third kappa shape index (κ3) is 5.31. The van der Waals surface area contributed by atoms with Crippen molar-refractivity contribution in [2.75, 3.05) is 33.7 Å². The van der Waals surface area contributed by atoms with Crippen molar-refractivity contribution in [2.45, 2.75) is 26.3 Å². The number of carbonyl (C=O) groups is 1. The van der Waals surface area contributed by atoms with Crippen molar-refractivity contribution in [3.63, 3.8) is 0 Å². The molecule has 0 radical (unpaired) electrons. The predicted octanol–water partition coefficient (Wildman–Crippen LogP) is 1.49. The van der Waals surface area contributed by atoms with E-state index >= 15 is 0 Å². The van der Waals surface area contributed by atoms with Gasteiger partial charge in [0, 0.05) is 26.2 Å². The minimum absolute atomic E-state index is 0.189. The molecule has 0 saturated heterocycles. The van der Waals surface area contributed by atoms with Gasteiger partial charge in [0.2, 0.25) is 5.91 Å². The molecule has 1 amide bonds. The summed E-state index contributed by atoms with van der Waals surface area (Å²) < 4.78 is 0. The first-order chi connectivity index (χ1) is 9.58. The molecule has 0 aromatic heterocycles. The van der Waals surface area contributed by atoms with E-state index in [9.17, 15) is 4.79 Å². The summed E-state index contributed by atoms with van der Waals surface area (Å²) in [5, 5.41) is 0. The van der Waals surface area contributed by atoms with E-state index in [1.165, 1.54) is 0 Å². The lowest BCUT2D eigenvalue weighted by molar-refractivity contribution is -0.130. The summed E-state index contributed by atoms with van der Waals surface area (Å²) in [4.78, 5) is 16.5. The minimum Gasteiger partial charge on any atom is -0.341 e. The molecule has 0 fully saturated rings. The average Bonchev–Trinajstić information content (AvgIpc) is 2.43. The van der Waals surface area contributed by atoms with Gasteiger partial charge in [-0.15, -0.1) is 0 Å². The number of carbonyl (C=O) groups excluding carboxylic acids is 1. The van der Waals surface area contributed by atoms with Crippen LogP contribution in [0.15, 0.2) is 24.3 Å². The molecule has 0 aliphatic rings. The Balaban J connectivity index is 2.69. The zero-order chi connectivity index (χ0) is 15.0. The molecule has 112 valence electrons. The Kier molecular flexibility index (Phi) is 7.26. The molecule has 0 aliphatic carbocycles. The molecule has 4 nitrogen and oxygen atoms in total. The van der Waals surface area contributed by atoms with Gasteiger partial charge in [-0.3, -0.25) is 4.79 Å². The molecule has 0 heterocycles. The van der Waals surface area contributed by atoms with Crippen molar-refractivity contribution in [1.29, 1.82) is 0 Å². The van der Waals surface area contributed by atoms with Crippen LogP contribution in [0.4, 0.5) is 0 Å². The number of nitrogens with zero attached hydrogens (tertiary/aromatic N) is 2. The lowest BCUT2D eigenvalue weighted by Gasteiger charge is -2.24. The van der Waals surface area contributed by atoms with Crippen molar-refractivity contribution in [1.82, 2.24) is 9.80 Å². The smallest absolute Gasteiger partial charge is 0.227 e. The van der Waals surface area contributed by atoms with Gasteiger partial charge < -0.3 is 15.5 Å². The van der Waals surface area contributed by atoms with Gasteiger partial charge in [0.1, 0.15) is 0 Å². The quantitative estimate of drug-likeness (QED) is 0.783. The lowest BCUT2D eigenvalue weighted by atomic mass is 10.0. The summed E-state index contributed by atoms with van der Waals surface area (Å²) in [6.45, 7) is 5.07. The molecule has 0 spiro atoms. The van der Waals surface area contributed by atoms with E-state index in [1.54, 1.807) is 0 Å². The molecule has 0 atom stereocenters. The highest BCUT2D eigenvalue weighted by Crippen LogP contribution is 2.10. The largest absolute Gasteiger partial charge is 0.341 e. The monoisotopic (exact) mass is 277 g/mol. The summed E-state index contributed by atoms with van der Waals surface area (Å²) in [5.74, 6) is 0.189. The van der Waals surface area contributed by atoms with Gasteiger partial charge in [-0.25, -0.2) is 0 Å². The molecule has 0 bridgehead atoms. The molecule has 1 rings (SSSR count). The molecular formula is C16H27N3O. The third-order valence-corrected chi connectivity index (χ3v) is 3.34. The van der Waals surface area contributed by atoms with Gasteiger partial charge >= 0.3 is 0 Å². The predicted molar refractivity (Wildman–Crippen MR) is 83.5 cm³/mol. The van der Waals surface area contributed by atoms with Gasteiger partial charge in [-0.1, -0.05) is 31.2 Å². The van der Waals surface area contributed by atoms with E-state index < -0.39 is 0 Å². The van der Waals surface area contributed by atoms with Crippen molar-refractivity contribution < 1.29 is 4.79 Å². The summed E-state index contributed by atoms with van der Waals surface area (Å²) in [5.41, 5.74) is 7.84. The van der Waals surface area contributed by atoms with Gasteiger partial charge in [0.05, 0.1) is 6.42 Å². The fourth-order valence-corrected chi connectivity index (χ4v) is 2.16. The van der Waals surface area contributed by atoms with Crippen LogP contribution < -0.4 is 5.73 Å². The number of amides is 1. The molecule has 0 unspecified atom stereocenters. The van der Waals surface area contributed by atoms with Crippen LogP contribution >= 0.6 is 0 Å². The van der Waals surface area contributed by atoms with Crippen molar-refractivity contribution in [3.8, 4) is 0 Å². The molecule has 4 heteroatoms. The zero-order valence-corrected chi connectivity index (χ0v) is 12.9. The summed E-state index contributed by atoms with van der Waals surface area (Å²) in [7, 11) is 4.05. The van der Waals surface area contributed by atoms with Crippen LogP contribution in [0.25, 0.3) is 0 Å². The Morgan fingerprint density at radius 3 is 2.30 bits per heavy atom. The average molecular weight is 277 g/mol. The van der Waals surface area contributed by atoms with Crippen LogP contribution in [0.5, 0.6) is 0 Å². The second-order valence-corrected chi connectivity index (χ2v) is 5.33. The van der Waals surface area contributed by atoms with Gasteiger partial charge in [0.25, 0.3) is 0 Å². The number of benzene rings is 1. The fourth-order valence-electron chi connectivity index (χ4n) is 2.16. The third-order valence-electron chi connectivity index (χ3n) is 3.34. The van der Waals surface area contributed by atoms with Crippen molar-refractivity contribution in [3.05, 3.63) is 35.4 Å². The maximum absolute atomic E-state index is 12.4. The first kappa shape index (κ1) is 16.7. The van der Waals surface area contributed by atoms with Crippen LogP contribution in [0.2, 0.25) is 0 Å². The minimum atomic E-state index is 0.189. The molecule has 2 N–H and O–H groups in total. The molecule has 1 aromatic carbocycles. The second kappa shape index (κ2) is 8.72. The molecular weight excluding hydrogens is 250 g/mol. The Labute approximate surface area is 122 Å². The van der Waals surface area contributed by atoms with Crippen LogP contribution in [0, 0.1) is 0 Å². The topological polar surface area (TPSA) is 49.6 Å². The number of hydrogen-bond donors (Lipinski definition) is 1. The maximum Gasteiger partial charge on any atom is 0.227 e. The SMILES string of the molecule is CCCN(CCN(C)C)C(=O)Cc1ccccc1CN. The molecule has 0 aliphatic heterocycles. The van der Waals surface area contributed by atoms with Crippen LogP contribution in [0.1, 0.15) is 24.5 Å². The maximum atomic E-state index is 12.4. The van der Waals surface area contributed by atoms with E-state index in [-0.39, 0.29) is 5.91 Å². The number of nitrogens with two attached hydrogens (primary N) is 1. The highest BCUT2D eigenvalue weighted by atomic mass is 16.2. The fraction of sp³-hybridized carbons (Fsp3) is 0.562. The van der Waals surface area contributed by atoms with Crippen LogP contribution in [0.3, 0.4) is 0 Å². The van der Waals surface area contributed by atoms with Crippen LogP contribution in [-0.2, 0) is 17.8 Å². The highest BCUT2D eigenvalue weighted by molar-refractivity contribution is 5.79. The normalized spacial score (nSPS) is 10.8. The number of hydrogen-bond acceptors (Lipinski definition) is 3. The van der Waals surface area contributed by atoms with Gasteiger partial charge in [0.15, 0.2) is 0 Å². The van der Waals surface area contributed by atoms with Crippen molar-refractivity contribution in [2.24, 2.45) is 5.73 Å². The standard InChI is InChI=1S/C16H27N3O/c1-4-9-19(11-10-18(2)3)16(20)12-14-7-5-6-8-15(14)13-17/h5-8H,4,9-13,17H2,1-3H3.